The van der Waals surface area contributed by atoms with Gasteiger partial charge in [-0.15, -0.1) is 5.10 Å². The third-order valence-corrected chi connectivity index (χ3v) is 2.71. The molecule has 0 aliphatic carbocycles. The Kier molecular flexibility index (Phi) is 3.88. The third-order valence-electron chi connectivity index (χ3n) is 2.71. The average Bonchev–Trinajstić information content (AvgIpc) is 2.85. The van der Waals surface area contributed by atoms with E-state index >= 15 is 0 Å². The fraction of sp³-hybridized carbons (Fsp3) is 0.385. The van der Waals surface area contributed by atoms with Gasteiger partial charge in [-0.25, -0.2) is 4.68 Å². The van der Waals surface area contributed by atoms with E-state index in [0.29, 0.717) is 0 Å². The minimum Gasteiger partial charge on any atom is -0.392 e. The van der Waals surface area contributed by atoms with E-state index in [1.54, 1.807) is 4.68 Å². The maximum atomic E-state index is 8.97. The second kappa shape index (κ2) is 5.59. The van der Waals surface area contributed by atoms with Crippen LogP contribution >= 0.6 is 0 Å². The monoisotopic (exact) mass is 231 g/mol. The number of aliphatic hydroxyl groups excluding tert-OH is 1. The second-order valence-electron chi connectivity index (χ2n) is 4.08. The van der Waals surface area contributed by atoms with Crippen LogP contribution in [0.4, 0.5) is 0 Å². The van der Waals surface area contributed by atoms with Gasteiger partial charge in [-0.1, -0.05) is 30.7 Å². The Balaban J connectivity index is 2.12. The fourth-order valence-electron chi connectivity index (χ4n) is 1.65. The van der Waals surface area contributed by atoms with E-state index in [1.807, 2.05) is 30.5 Å². The summed E-state index contributed by atoms with van der Waals surface area (Å²) in [4.78, 5) is 0. The van der Waals surface area contributed by atoms with Crippen LogP contribution in [0.1, 0.15) is 31.0 Å². The lowest BCUT2D eigenvalue weighted by molar-refractivity contribution is 0.282. The van der Waals surface area contributed by atoms with E-state index in [4.69, 9.17) is 5.11 Å². The minimum absolute atomic E-state index is 0.0688. The molecule has 0 radical (unpaired) electrons. The molecule has 4 nitrogen and oxygen atoms in total. The van der Waals surface area contributed by atoms with E-state index in [9.17, 15) is 0 Å². The second-order valence-corrected chi connectivity index (χ2v) is 4.08. The summed E-state index contributed by atoms with van der Waals surface area (Å²) in [6.45, 7) is 2.23. The molecule has 0 saturated heterocycles. The smallest absolute Gasteiger partial charge is 0.0831 e. The van der Waals surface area contributed by atoms with Gasteiger partial charge < -0.3 is 5.11 Å². The fourth-order valence-corrected chi connectivity index (χ4v) is 1.65. The highest BCUT2D eigenvalue weighted by molar-refractivity contribution is 5.33. The number of aliphatic hydroxyl groups is 1. The molecule has 4 heteroatoms. The largest absolute Gasteiger partial charge is 0.392 e. The molecule has 0 aliphatic heterocycles. The number of benzene rings is 1. The van der Waals surface area contributed by atoms with Crippen LogP contribution in [-0.4, -0.2) is 20.1 Å². The first kappa shape index (κ1) is 11.8. The summed E-state index contributed by atoms with van der Waals surface area (Å²) in [5.74, 6) is 0. The maximum Gasteiger partial charge on any atom is 0.0831 e. The lowest BCUT2D eigenvalue weighted by Gasteiger charge is -2.00. The summed E-state index contributed by atoms with van der Waals surface area (Å²) >= 11 is 0. The number of aryl methyl sites for hydroxylation is 1. The molecule has 0 atom stereocenters. The van der Waals surface area contributed by atoms with Gasteiger partial charge in [-0.05, 0) is 30.5 Å². The molecular formula is C13H17N3O. The standard InChI is InChI=1S/C13H17N3O/c1-2-3-4-12-9-16(15-14-12)13-7-5-11(10-17)6-8-13/h5-9,17H,2-4,10H2,1H3. The molecule has 2 rings (SSSR count). The van der Waals surface area contributed by atoms with Crippen molar-refractivity contribution in [3.05, 3.63) is 41.7 Å². The van der Waals surface area contributed by atoms with E-state index in [0.717, 1.165) is 36.2 Å². The lowest BCUT2D eigenvalue weighted by atomic mass is 10.2. The summed E-state index contributed by atoms with van der Waals surface area (Å²) < 4.78 is 1.77. The number of hydrogen-bond donors (Lipinski definition) is 1. The molecule has 0 saturated carbocycles. The minimum atomic E-state index is 0.0688. The van der Waals surface area contributed by atoms with Gasteiger partial charge in [0.15, 0.2) is 0 Å². The van der Waals surface area contributed by atoms with Crippen LogP contribution < -0.4 is 0 Å². The van der Waals surface area contributed by atoms with Crippen molar-refractivity contribution in [1.82, 2.24) is 15.0 Å². The van der Waals surface area contributed by atoms with Gasteiger partial charge >= 0.3 is 0 Å². The summed E-state index contributed by atoms with van der Waals surface area (Å²) in [6.07, 6.45) is 5.25. The van der Waals surface area contributed by atoms with Crippen molar-refractivity contribution in [3.8, 4) is 5.69 Å². The Morgan fingerprint density at radius 1 is 1.24 bits per heavy atom. The SMILES string of the molecule is CCCCc1cn(-c2ccc(CO)cc2)nn1. The number of aromatic nitrogens is 3. The number of hydrogen-bond acceptors (Lipinski definition) is 3. The van der Waals surface area contributed by atoms with Crippen molar-refractivity contribution >= 4 is 0 Å². The van der Waals surface area contributed by atoms with Gasteiger partial charge in [-0.3, -0.25) is 0 Å². The number of unbranched alkanes of at least 4 members (excludes halogenated alkanes) is 1. The molecule has 1 N–H and O–H groups in total. The summed E-state index contributed by atoms with van der Waals surface area (Å²) in [5, 5.41) is 17.2. The van der Waals surface area contributed by atoms with Crippen molar-refractivity contribution in [2.24, 2.45) is 0 Å². The number of rotatable bonds is 5. The normalized spacial score (nSPS) is 10.7. The molecule has 0 fully saturated rings. The van der Waals surface area contributed by atoms with Gasteiger partial charge in [0, 0.05) is 0 Å². The van der Waals surface area contributed by atoms with Crippen LogP contribution in [0.15, 0.2) is 30.5 Å². The Bertz CT molecular complexity index is 462. The molecule has 1 aromatic carbocycles. The Hall–Kier alpha value is -1.68. The third kappa shape index (κ3) is 2.91. The summed E-state index contributed by atoms with van der Waals surface area (Å²) in [6, 6.07) is 7.65. The molecule has 0 amide bonds. The number of nitrogens with zero attached hydrogens (tertiary/aromatic N) is 3. The molecule has 0 bridgehead atoms. The van der Waals surface area contributed by atoms with Crippen LogP contribution in [0.2, 0.25) is 0 Å². The van der Waals surface area contributed by atoms with Gasteiger partial charge in [0.05, 0.1) is 24.2 Å². The average molecular weight is 231 g/mol. The molecule has 1 heterocycles. The molecule has 0 unspecified atom stereocenters. The van der Waals surface area contributed by atoms with Crippen molar-refractivity contribution in [2.75, 3.05) is 0 Å². The van der Waals surface area contributed by atoms with Crippen molar-refractivity contribution in [2.45, 2.75) is 32.8 Å². The topological polar surface area (TPSA) is 50.9 Å². The predicted molar refractivity (Wildman–Crippen MR) is 65.9 cm³/mol. The van der Waals surface area contributed by atoms with Crippen molar-refractivity contribution in [3.63, 3.8) is 0 Å². The molecule has 90 valence electrons. The van der Waals surface area contributed by atoms with Crippen molar-refractivity contribution < 1.29 is 5.11 Å². The lowest BCUT2D eigenvalue weighted by Crippen LogP contribution is -1.95. The zero-order valence-electron chi connectivity index (χ0n) is 10.0. The van der Waals surface area contributed by atoms with Crippen LogP contribution in [0.3, 0.4) is 0 Å². The van der Waals surface area contributed by atoms with E-state index < -0.39 is 0 Å². The molecular weight excluding hydrogens is 214 g/mol. The highest BCUT2D eigenvalue weighted by atomic mass is 16.3. The highest BCUT2D eigenvalue weighted by Gasteiger charge is 2.02. The van der Waals surface area contributed by atoms with Crippen LogP contribution in [-0.2, 0) is 13.0 Å². The molecule has 2 aromatic rings. The van der Waals surface area contributed by atoms with Gasteiger partial charge in [0.25, 0.3) is 0 Å². The predicted octanol–water partition coefficient (Wildman–Crippen LogP) is 2.10. The van der Waals surface area contributed by atoms with E-state index in [-0.39, 0.29) is 6.61 Å². The Morgan fingerprint density at radius 2 is 2.00 bits per heavy atom. The summed E-state index contributed by atoms with van der Waals surface area (Å²) in [7, 11) is 0. The molecule has 0 aliphatic rings. The first-order chi connectivity index (χ1) is 8.33. The molecule has 17 heavy (non-hydrogen) atoms. The summed E-state index contributed by atoms with van der Waals surface area (Å²) in [5.41, 5.74) is 2.90. The zero-order valence-corrected chi connectivity index (χ0v) is 10.0. The Morgan fingerprint density at radius 3 is 2.65 bits per heavy atom. The Labute approximate surface area is 101 Å². The van der Waals surface area contributed by atoms with E-state index in [2.05, 4.69) is 17.2 Å². The molecule has 1 aromatic heterocycles. The van der Waals surface area contributed by atoms with Gasteiger partial charge in [0.2, 0.25) is 0 Å². The zero-order chi connectivity index (χ0) is 12.1. The highest BCUT2D eigenvalue weighted by Crippen LogP contribution is 2.10. The quantitative estimate of drug-likeness (QED) is 0.857. The van der Waals surface area contributed by atoms with Crippen LogP contribution in [0.5, 0.6) is 0 Å². The van der Waals surface area contributed by atoms with Gasteiger partial charge in [-0.2, -0.15) is 0 Å². The van der Waals surface area contributed by atoms with Gasteiger partial charge in [0.1, 0.15) is 0 Å². The first-order valence-electron chi connectivity index (χ1n) is 5.95. The first-order valence-corrected chi connectivity index (χ1v) is 5.95. The van der Waals surface area contributed by atoms with Crippen LogP contribution in [0.25, 0.3) is 5.69 Å². The maximum absolute atomic E-state index is 8.97. The van der Waals surface area contributed by atoms with E-state index in [1.165, 1.54) is 0 Å². The van der Waals surface area contributed by atoms with Crippen LogP contribution in [0, 0.1) is 0 Å². The van der Waals surface area contributed by atoms with Crippen molar-refractivity contribution in [1.29, 1.82) is 0 Å². The molecule has 0 spiro atoms.